The van der Waals surface area contributed by atoms with Gasteiger partial charge < -0.3 is 10.1 Å². The molecule has 0 aliphatic carbocycles. The first kappa shape index (κ1) is 24.5. The molecule has 1 aliphatic heterocycles. The molecule has 1 aromatic carbocycles. The summed E-state index contributed by atoms with van der Waals surface area (Å²) in [7, 11) is -5.80. The van der Waals surface area contributed by atoms with Crippen LogP contribution in [0.15, 0.2) is 47.6 Å². The van der Waals surface area contributed by atoms with Crippen LogP contribution in [0.1, 0.15) is 33.6 Å². The van der Waals surface area contributed by atoms with Crippen molar-refractivity contribution in [3.63, 3.8) is 0 Å². The fourth-order valence-electron chi connectivity index (χ4n) is 3.99. The Labute approximate surface area is 200 Å². The van der Waals surface area contributed by atoms with Gasteiger partial charge in [0, 0.05) is 23.5 Å². The predicted octanol–water partition coefficient (Wildman–Crippen LogP) is 3.08. The van der Waals surface area contributed by atoms with Crippen LogP contribution in [0.25, 0.3) is 16.9 Å². The molecule has 2 N–H and O–H groups in total. The van der Waals surface area contributed by atoms with Crippen LogP contribution in [0.3, 0.4) is 0 Å². The van der Waals surface area contributed by atoms with E-state index in [-0.39, 0.29) is 10.6 Å². The van der Waals surface area contributed by atoms with E-state index in [0.717, 1.165) is 0 Å². The van der Waals surface area contributed by atoms with E-state index in [2.05, 4.69) is 15.0 Å². The number of pyridine rings is 1. The molecule has 0 spiro atoms. The number of fused-ring (bicyclic) bond motifs is 1. The lowest BCUT2D eigenvalue weighted by molar-refractivity contribution is 0.401. The molecule has 3 heterocycles. The summed E-state index contributed by atoms with van der Waals surface area (Å²) in [6, 6.07) is 8.60. The predicted molar refractivity (Wildman–Crippen MR) is 133 cm³/mol. The maximum absolute atomic E-state index is 13.2. The molecular weight excluding hydrogens is 476 g/mol. The van der Waals surface area contributed by atoms with Crippen LogP contribution in [0.2, 0.25) is 0 Å². The molecule has 1 fully saturated rings. The minimum atomic E-state index is -3.70. The molecule has 0 radical (unpaired) electrons. The highest BCUT2D eigenvalue weighted by molar-refractivity contribution is 7.93. The van der Waals surface area contributed by atoms with Crippen LogP contribution in [0.4, 0.5) is 5.69 Å². The van der Waals surface area contributed by atoms with Crippen molar-refractivity contribution in [3.05, 3.63) is 42.7 Å². The smallest absolute Gasteiger partial charge is 0.235 e. The Balaban J connectivity index is 1.76. The molecule has 0 amide bonds. The van der Waals surface area contributed by atoms with Gasteiger partial charge in [0.1, 0.15) is 16.3 Å². The zero-order valence-electron chi connectivity index (χ0n) is 19.7. The number of aromatic nitrogens is 2. The van der Waals surface area contributed by atoms with E-state index in [1.807, 2.05) is 6.07 Å². The van der Waals surface area contributed by atoms with Crippen LogP contribution < -0.4 is 14.8 Å². The standard InChI is InChI=1S/C23H30N4O5S2/c1-23(2,3)33(28,29)21-15-27-19(14-25-22(27)13-20(21)32-4)16-6-5-7-17(12-16)26-34(30,31)18-8-10-24-11-9-18/h5-7,12-15,18,24,26H,8-11H2,1-4H3. The van der Waals surface area contributed by atoms with Gasteiger partial charge in [-0.25, -0.2) is 21.8 Å². The number of hydrogen-bond donors (Lipinski definition) is 2. The van der Waals surface area contributed by atoms with Crippen molar-refractivity contribution < 1.29 is 21.6 Å². The summed E-state index contributed by atoms with van der Waals surface area (Å²) in [5, 5.41) is 2.74. The summed E-state index contributed by atoms with van der Waals surface area (Å²) in [6.07, 6.45) is 4.27. The van der Waals surface area contributed by atoms with Crippen molar-refractivity contribution in [2.45, 2.75) is 48.5 Å². The lowest BCUT2D eigenvalue weighted by atomic mass is 10.1. The van der Waals surface area contributed by atoms with Crippen LogP contribution in [0.5, 0.6) is 5.75 Å². The number of hydrogen-bond acceptors (Lipinski definition) is 7. The summed E-state index contributed by atoms with van der Waals surface area (Å²) in [5.41, 5.74) is 2.29. The van der Waals surface area contributed by atoms with E-state index in [1.165, 1.54) is 13.3 Å². The Morgan fingerprint density at radius 1 is 1.12 bits per heavy atom. The molecule has 9 nitrogen and oxygen atoms in total. The molecule has 34 heavy (non-hydrogen) atoms. The van der Waals surface area contributed by atoms with Crippen molar-refractivity contribution in [2.24, 2.45) is 0 Å². The van der Waals surface area contributed by atoms with Crippen LogP contribution in [-0.4, -0.2) is 56.4 Å². The highest BCUT2D eigenvalue weighted by Gasteiger charge is 2.34. The average Bonchev–Trinajstić information content (AvgIpc) is 3.21. The third kappa shape index (κ3) is 4.51. The highest BCUT2D eigenvalue weighted by atomic mass is 32.2. The van der Waals surface area contributed by atoms with Crippen molar-refractivity contribution in [1.82, 2.24) is 14.7 Å². The number of rotatable bonds is 6. The summed E-state index contributed by atoms with van der Waals surface area (Å²) in [4.78, 5) is 4.48. The average molecular weight is 507 g/mol. The molecule has 1 aliphatic rings. The van der Waals surface area contributed by atoms with E-state index in [1.54, 1.807) is 55.6 Å². The first-order valence-corrected chi connectivity index (χ1v) is 14.1. The lowest BCUT2D eigenvalue weighted by Gasteiger charge is -2.23. The molecule has 1 saturated heterocycles. The Kier molecular flexibility index (Phi) is 6.38. The van der Waals surface area contributed by atoms with Gasteiger partial charge in [-0.05, 0) is 58.8 Å². The number of nitrogens with zero attached hydrogens (tertiary/aromatic N) is 2. The topological polar surface area (TPSA) is 119 Å². The molecule has 4 rings (SSSR count). The molecular formula is C23H30N4O5S2. The summed E-state index contributed by atoms with van der Waals surface area (Å²) in [5.74, 6) is 0.225. The highest BCUT2D eigenvalue weighted by Crippen LogP contribution is 2.34. The molecule has 0 atom stereocenters. The summed E-state index contributed by atoms with van der Waals surface area (Å²) >= 11 is 0. The molecule has 3 aromatic rings. The number of piperidine rings is 1. The number of sulfonamides is 1. The van der Waals surface area contributed by atoms with Crippen molar-refractivity contribution in [3.8, 4) is 17.0 Å². The van der Waals surface area contributed by atoms with Gasteiger partial charge in [0.15, 0.2) is 9.84 Å². The third-order valence-electron chi connectivity index (χ3n) is 6.03. The number of imidazole rings is 1. The number of benzene rings is 1. The zero-order valence-corrected chi connectivity index (χ0v) is 21.3. The third-order valence-corrected chi connectivity index (χ3v) is 10.4. The van der Waals surface area contributed by atoms with E-state index < -0.39 is 29.9 Å². The largest absolute Gasteiger partial charge is 0.495 e. The van der Waals surface area contributed by atoms with Gasteiger partial charge in [-0.2, -0.15) is 0 Å². The molecule has 2 aromatic heterocycles. The second-order valence-corrected chi connectivity index (χ2v) is 14.0. The lowest BCUT2D eigenvalue weighted by Crippen LogP contribution is -2.38. The number of methoxy groups -OCH3 is 1. The molecule has 11 heteroatoms. The Bertz CT molecular complexity index is 1420. The van der Waals surface area contributed by atoms with Crippen LogP contribution in [-0.2, 0) is 19.9 Å². The summed E-state index contributed by atoms with van der Waals surface area (Å²) < 4.78 is 60.9. The number of ether oxygens (including phenoxy) is 1. The van der Waals surface area contributed by atoms with Gasteiger partial charge in [-0.1, -0.05) is 12.1 Å². The number of nitrogens with one attached hydrogen (secondary N) is 2. The van der Waals surface area contributed by atoms with E-state index in [9.17, 15) is 16.8 Å². The zero-order chi connectivity index (χ0) is 24.7. The minimum Gasteiger partial charge on any atom is -0.495 e. The minimum absolute atomic E-state index is 0.0667. The van der Waals surface area contributed by atoms with E-state index in [4.69, 9.17) is 4.74 Å². The first-order chi connectivity index (χ1) is 15.9. The van der Waals surface area contributed by atoms with Gasteiger partial charge in [0.2, 0.25) is 10.0 Å². The Morgan fingerprint density at radius 2 is 1.82 bits per heavy atom. The molecule has 0 bridgehead atoms. The van der Waals surface area contributed by atoms with E-state index >= 15 is 0 Å². The maximum atomic E-state index is 13.2. The Morgan fingerprint density at radius 3 is 2.47 bits per heavy atom. The first-order valence-electron chi connectivity index (χ1n) is 11.1. The van der Waals surface area contributed by atoms with Gasteiger partial charge in [-0.15, -0.1) is 0 Å². The number of anilines is 1. The second-order valence-electron chi connectivity index (χ2n) is 9.37. The normalized spacial score (nSPS) is 16.0. The molecule has 0 unspecified atom stereocenters. The monoisotopic (exact) mass is 506 g/mol. The number of sulfone groups is 1. The van der Waals surface area contributed by atoms with E-state index in [0.29, 0.717) is 48.5 Å². The molecule has 184 valence electrons. The quantitative estimate of drug-likeness (QED) is 0.527. The van der Waals surface area contributed by atoms with Gasteiger partial charge in [0.05, 0.1) is 29.0 Å². The van der Waals surface area contributed by atoms with Crippen LogP contribution in [0, 0.1) is 0 Å². The van der Waals surface area contributed by atoms with Crippen LogP contribution >= 0.6 is 0 Å². The fraction of sp³-hybridized carbons (Fsp3) is 0.435. The Hall–Kier alpha value is -2.63. The summed E-state index contributed by atoms with van der Waals surface area (Å²) in [6.45, 7) is 6.27. The van der Waals surface area contributed by atoms with Gasteiger partial charge in [0.25, 0.3) is 0 Å². The SMILES string of the molecule is COc1cc2ncc(-c3cccc(NS(=O)(=O)C4CCNCC4)c3)n2cc1S(=O)(=O)C(C)(C)C. The maximum Gasteiger partial charge on any atom is 0.235 e. The van der Waals surface area contributed by atoms with Crippen molar-refractivity contribution in [2.75, 3.05) is 24.9 Å². The second kappa shape index (κ2) is 8.86. The van der Waals surface area contributed by atoms with Gasteiger partial charge in [-0.3, -0.25) is 9.12 Å². The molecule has 0 saturated carbocycles. The fourth-order valence-corrected chi connectivity index (χ4v) is 6.78. The van der Waals surface area contributed by atoms with Crippen molar-refractivity contribution >= 4 is 31.2 Å². The van der Waals surface area contributed by atoms with Crippen molar-refractivity contribution in [1.29, 1.82) is 0 Å². The van der Waals surface area contributed by atoms with Gasteiger partial charge >= 0.3 is 0 Å².